The predicted molar refractivity (Wildman–Crippen MR) is 45.1 cm³/mol. The SMILES string of the molecule is C.C.CC(=O)CC(C)(C)O. The highest BCUT2D eigenvalue weighted by atomic mass is 16.3. The molecule has 0 heterocycles. The number of rotatable bonds is 2. The highest BCUT2D eigenvalue weighted by molar-refractivity contribution is 5.76. The van der Waals surface area contributed by atoms with Crippen LogP contribution < -0.4 is 0 Å². The van der Waals surface area contributed by atoms with Gasteiger partial charge < -0.3 is 5.11 Å². The number of ketones is 1. The van der Waals surface area contributed by atoms with Gasteiger partial charge in [0.2, 0.25) is 0 Å². The minimum absolute atomic E-state index is 0. The average molecular weight is 148 g/mol. The van der Waals surface area contributed by atoms with Gasteiger partial charge in [0.1, 0.15) is 5.78 Å². The van der Waals surface area contributed by atoms with Gasteiger partial charge in [0.15, 0.2) is 0 Å². The topological polar surface area (TPSA) is 37.3 Å². The molecule has 0 amide bonds. The minimum atomic E-state index is -0.828. The van der Waals surface area contributed by atoms with Crippen molar-refractivity contribution in [3.8, 4) is 0 Å². The van der Waals surface area contributed by atoms with E-state index in [-0.39, 0.29) is 27.1 Å². The van der Waals surface area contributed by atoms with Gasteiger partial charge in [0.25, 0.3) is 0 Å². The Kier molecular flexibility index (Phi) is 8.84. The molecule has 0 aliphatic carbocycles. The lowest BCUT2D eigenvalue weighted by atomic mass is 10.0. The van der Waals surface area contributed by atoms with E-state index in [1.807, 2.05) is 0 Å². The molecule has 0 unspecified atom stereocenters. The van der Waals surface area contributed by atoms with E-state index in [0.717, 1.165) is 0 Å². The second kappa shape index (κ2) is 5.42. The number of aliphatic hydroxyl groups is 1. The van der Waals surface area contributed by atoms with Crippen molar-refractivity contribution in [1.82, 2.24) is 0 Å². The number of hydrogen-bond donors (Lipinski definition) is 1. The smallest absolute Gasteiger partial charge is 0.132 e. The molecule has 0 aromatic rings. The van der Waals surface area contributed by atoms with E-state index in [9.17, 15) is 4.79 Å². The molecule has 0 aliphatic rings. The molecule has 64 valence electrons. The lowest BCUT2D eigenvalue weighted by molar-refractivity contribution is -0.120. The predicted octanol–water partition coefficient (Wildman–Crippen LogP) is 2.01. The zero-order valence-electron chi connectivity index (χ0n) is 5.56. The third-order valence-corrected chi connectivity index (χ3v) is 0.682. The summed E-state index contributed by atoms with van der Waals surface area (Å²) in [5.74, 6) is 0.0255. The molecule has 0 radical (unpaired) electrons. The van der Waals surface area contributed by atoms with E-state index in [1.54, 1.807) is 13.8 Å². The molecule has 0 saturated heterocycles. The normalized spacial score (nSPS) is 9.20. The van der Waals surface area contributed by atoms with Gasteiger partial charge in [-0.3, -0.25) is 4.79 Å². The van der Waals surface area contributed by atoms with Crippen molar-refractivity contribution in [2.45, 2.75) is 47.6 Å². The summed E-state index contributed by atoms with van der Waals surface area (Å²) in [5.41, 5.74) is -0.828. The van der Waals surface area contributed by atoms with E-state index in [0.29, 0.717) is 0 Å². The van der Waals surface area contributed by atoms with Gasteiger partial charge in [-0.05, 0) is 20.8 Å². The molecule has 0 spiro atoms. The lowest BCUT2D eigenvalue weighted by Gasteiger charge is -2.13. The van der Waals surface area contributed by atoms with Crippen molar-refractivity contribution in [2.75, 3.05) is 0 Å². The molecule has 0 aromatic carbocycles. The Balaban J connectivity index is -0.000000245. The maximum atomic E-state index is 10.3. The molecular weight excluding hydrogens is 128 g/mol. The van der Waals surface area contributed by atoms with Crippen LogP contribution in [0.2, 0.25) is 0 Å². The molecule has 10 heavy (non-hydrogen) atoms. The van der Waals surface area contributed by atoms with E-state index in [1.165, 1.54) is 6.92 Å². The summed E-state index contributed by atoms with van der Waals surface area (Å²) in [7, 11) is 0. The Labute approximate surface area is 64.3 Å². The van der Waals surface area contributed by atoms with Gasteiger partial charge >= 0.3 is 0 Å². The Morgan fingerprint density at radius 2 is 1.70 bits per heavy atom. The number of carbonyl (C=O) groups is 1. The number of Topliss-reactive ketones (excluding diaryl/α,β-unsaturated/α-hetero) is 1. The molecule has 0 aromatic heterocycles. The van der Waals surface area contributed by atoms with Crippen LogP contribution in [0.15, 0.2) is 0 Å². The van der Waals surface area contributed by atoms with Crippen LogP contribution >= 0.6 is 0 Å². The maximum Gasteiger partial charge on any atom is 0.132 e. The van der Waals surface area contributed by atoms with Gasteiger partial charge in [0, 0.05) is 6.42 Å². The third-order valence-electron chi connectivity index (χ3n) is 0.682. The molecular formula is C8H20O2. The van der Waals surface area contributed by atoms with Gasteiger partial charge in [-0.2, -0.15) is 0 Å². The first kappa shape index (κ1) is 16.3. The molecule has 0 saturated carbocycles. The second-order valence-corrected chi connectivity index (χ2v) is 2.69. The third kappa shape index (κ3) is 15.6. The molecule has 0 fully saturated rings. The van der Waals surface area contributed by atoms with Crippen LogP contribution in [0.25, 0.3) is 0 Å². The highest BCUT2D eigenvalue weighted by Crippen LogP contribution is 2.06. The zero-order chi connectivity index (χ0) is 6.78. The summed E-state index contributed by atoms with van der Waals surface area (Å²) in [6.45, 7) is 4.71. The summed E-state index contributed by atoms with van der Waals surface area (Å²) < 4.78 is 0. The molecule has 2 heteroatoms. The molecule has 0 atom stereocenters. The van der Waals surface area contributed by atoms with Crippen molar-refractivity contribution in [3.05, 3.63) is 0 Å². The van der Waals surface area contributed by atoms with Crippen molar-refractivity contribution in [1.29, 1.82) is 0 Å². The minimum Gasteiger partial charge on any atom is -0.390 e. The van der Waals surface area contributed by atoms with Crippen molar-refractivity contribution >= 4 is 5.78 Å². The van der Waals surface area contributed by atoms with Crippen LogP contribution in [-0.4, -0.2) is 16.5 Å². The van der Waals surface area contributed by atoms with Gasteiger partial charge in [-0.1, -0.05) is 14.9 Å². The summed E-state index contributed by atoms with van der Waals surface area (Å²) in [5, 5.41) is 8.97. The standard InChI is InChI=1S/C6H12O2.2CH4/c1-5(7)4-6(2,3)8;;/h8H,4H2,1-3H3;2*1H4. The van der Waals surface area contributed by atoms with E-state index in [4.69, 9.17) is 5.11 Å². The Bertz CT molecular complexity index is 89.9. The molecule has 2 nitrogen and oxygen atoms in total. The first-order valence-corrected chi connectivity index (χ1v) is 2.63. The van der Waals surface area contributed by atoms with Crippen LogP contribution in [-0.2, 0) is 4.79 Å². The van der Waals surface area contributed by atoms with Crippen LogP contribution in [0, 0.1) is 0 Å². The fraction of sp³-hybridized carbons (Fsp3) is 0.875. The Morgan fingerprint density at radius 1 is 1.40 bits per heavy atom. The van der Waals surface area contributed by atoms with Crippen molar-refractivity contribution in [3.63, 3.8) is 0 Å². The van der Waals surface area contributed by atoms with Gasteiger partial charge in [-0.15, -0.1) is 0 Å². The van der Waals surface area contributed by atoms with Crippen molar-refractivity contribution < 1.29 is 9.90 Å². The van der Waals surface area contributed by atoms with Crippen molar-refractivity contribution in [2.24, 2.45) is 0 Å². The molecule has 1 N–H and O–H groups in total. The summed E-state index contributed by atoms with van der Waals surface area (Å²) in [6, 6.07) is 0. The van der Waals surface area contributed by atoms with Crippen LogP contribution in [0.5, 0.6) is 0 Å². The van der Waals surface area contributed by atoms with Gasteiger partial charge in [0.05, 0.1) is 5.60 Å². The first-order chi connectivity index (χ1) is 3.42. The van der Waals surface area contributed by atoms with Gasteiger partial charge in [-0.25, -0.2) is 0 Å². The van der Waals surface area contributed by atoms with E-state index >= 15 is 0 Å². The van der Waals surface area contributed by atoms with Crippen LogP contribution in [0.1, 0.15) is 42.0 Å². The fourth-order valence-corrected chi connectivity index (χ4v) is 0.609. The molecule has 0 rings (SSSR count). The quantitative estimate of drug-likeness (QED) is 0.650. The van der Waals surface area contributed by atoms with E-state index in [2.05, 4.69) is 0 Å². The maximum absolute atomic E-state index is 10.3. The van der Waals surface area contributed by atoms with E-state index < -0.39 is 5.60 Å². The fourth-order valence-electron chi connectivity index (χ4n) is 0.609. The number of hydrogen-bond acceptors (Lipinski definition) is 2. The molecule has 0 bridgehead atoms. The summed E-state index contributed by atoms with van der Waals surface area (Å²) in [6.07, 6.45) is 0.243. The van der Waals surface area contributed by atoms with Crippen LogP contribution in [0.3, 0.4) is 0 Å². The first-order valence-electron chi connectivity index (χ1n) is 2.63. The number of carbonyl (C=O) groups excluding carboxylic acids is 1. The Morgan fingerprint density at radius 3 is 1.70 bits per heavy atom. The molecule has 0 aliphatic heterocycles. The highest BCUT2D eigenvalue weighted by Gasteiger charge is 2.13. The van der Waals surface area contributed by atoms with Crippen LogP contribution in [0.4, 0.5) is 0 Å². The summed E-state index contributed by atoms with van der Waals surface area (Å²) in [4.78, 5) is 10.3. The lowest BCUT2D eigenvalue weighted by Crippen LogP contribution is -2.21. The Hall–Kier alpha value is -0.370. The largest absolute Gasteiger partial charge is 0.390 e. The second-order valence-electron chi connectivity index (χ2n) is 2.69. The monoisotopic (exact) mass is 148 g/mol. The average Bonchev–Trinajstić information content (AvgIpc) is 1.21. The zero-order valence-corrected chi connectivity index (χ0v) is 5.56. The summed E-state index contributed by atoms with van der Waals surface area (Å²) >= 11 is 0.